The summed E-state index contributed by atoms with van der Waals surface area (Å²) < 4.78 is 12.5. The first kappa shape index (κ1) is 21.7. The van der Waals surface area contributed by atoms with Crippen LogP contribution in [0.1, 0.15) is 34.5 Å². The minimum atomic E-state index is -0.214. The van der Waals surface area contributed by atoms with Crippen LogP contribution in [0.2, 0.25) is 5.02 Å². The van der Waals surface area contributed by atoms with Crippen molar-refractivity contribution in [3.8, 4) is 11.5 Å². The van der Waals surface area contributed by atoms with E-state index in [9.17, 15) is 4.79 Å². The minimum Gasteiger partial charge on any atom is -0.493 e. The Bertz CT molecular complexity index is 1270. The van der Waals surface area contributed by atoms with Gasteiger partial charge in [0.25, 0.3) is 5.91 Å². The highest BCUT2D eigenvalue weighted by molar-refractivity contribution is 6.30. The molecule has 1 unspecified atom stereocenters. The zero-order valence-corrected chi connectivity index (χ0v) is 18.9. The highest BCUT2D eigenvalue weighted by Gasteiger charge is 2.15. The maximum Gasteiger partial charge on any atom is 0.251 e. The Kier molecular flexibility index (Phi) is 6.32. The Morgan fingerprint density at radius 2 is 1.88 bits per heavy atom. The lowest BCUT2D eigenvalue weighted by atomic mass is 10.1. The number of fused-ring (bicyclic) bond motifs is 1. The average Bonchev–Trinajstić information content (AvgIpc) is 3.20. The third-order valence-corrected chi connectivity index (χ3v) is 5.62. The van der Waals surface area contributed by atoms with E-state index in [0.717, 1.165) is 22.0 Å². The summed E-state index contributed by atoms with van der Waals surface area (Å²) in [6.45, 7) is 2.50. The summed E-state index contributed by atoms with van der Waals surface area (Å²) in [5.74, 6) is 1.11. The fourth-order valence-electron chi connectivity index (χ4n) is 3.63. The lowest BCUT2D eigenvalue weighted by Gasteiger charge is -2.17. The molecule has 1 heterocycles. The summed E-state index contributed by atoms with van der Waals surface area (Å²) in [5.41, 5.74) is 3.41. The second-order valence-electron chi connectivity index (χ2n) is 7.52. The molecule has 1 aromatic heterocycles. The van der Waals surface area contributed by atoms with E-state index >= 15 is 0 Å². The molecular weight excluding hydrogens is 426 g/mol. The third kappa shape index (κ3) is 4.55. The maximum absolute atomic E-state index is 13.0. The topological polar surface area (TPSA) is 65.4 Å². The summed E-state index contributed by atoms with van der Waals surface area (Å²) in [5, 5.41) is 9.19. The van der Waals surface area contributed by atoms with Gasteiger partial charge in [-0.05, 0) is 54.4 Å². The molecule has 164 valence electrons. The molecule has 1 amide bonds. The molecule has 1 atom stereocenters. The van der Waals surface area contributed by atoms with Gasteiger partial charge in [0.1, 0.15) is 0 Å². The summed E-state index contributed by atoms with van der Waals surface area (Å²) in [7, 11) is 3.18. The molecule has 0 aliphatic rings. The van der Waals surface area contributed by atoms with Crippen LogP contribution in [-0.2, 0) is 6.54 Å². The molecule has 0 saturated heterocycles. The standard InChI is InChI=1S/C25H24ClN3O3/c1-16(18-9-10-23(31-2)24(13-18)32-3)28-25(30)19-7-8-20-14-27-29(22(20)12-19)15-17-5-4-6-21(26)11-17/h4-14,16H,15H2,1-3H3,(H,28,30). The first-order valence-electron chi connectivity index (χ1n) is 10.2. The van der Waals surface area contributed by atoms with E-state index in [-0.39, 0.29) is 11.9 Å². The number of benzene rings is 3. The van der Waals surface area contributed by atoms with Gasteiger partial charge in [0, 0.05) is 16.0 Å². The van der Waals surface area contributed by atoms with Crippen molar-refractivity contribution < 1.29 is 14.3 Å². The molecule has 0 aliphatic carbocycles. The predicted octanol–water partition coefficient (Wildman–Crippen LogP) is 5.25. The second kappa shape index (κ2) is 9.32. The van der Waals surface area contributed by atoms with Gasteiger partial charge in [-0.15, -0.1) is 0 Å². The number of nitrogens with one attached hydrogen (secondary N) is 1. The van der Waals surface area contributed by atoms with Crippen molar-refractivity contribution >= 4 is 28.4 Å². The molecule has 4 rings (SSSR count). The molecule has 0 fully saturated rings. The predicted molar refractivity (Wildman–Crippen MR) is 126 cm³/mol. The van der Waals surface area contributed by atoms with Crippen LogP contribution in [0.15, 0.2) is 66.9 Å². The number of hydrogen-bond acceptors (Lipinski definition) is 4. The number of ether oxygens (including phenoxy) is 2. The van der Waals surface area contributed by atoms with Gasteiger partial charge in [-0.3, -0.25) is 9.48 Å². The van der Waals surface area contributed by atoms with Crippen molar-refractivity contribution in [2.45, 2.75) is 19.5 Å². The molecule has 32 heavy (non-hydrogen) atoms. The van der Waals surface area contributed by atoms with Crippen LogP contribution < -0.4 is 14.8 Å². The molecule has 1 N–H and O–H groups in total. The van der Waals surface area contributed by atoms with E-state index in [0.29, 0.717) is 28.6 Å². The van der Waals surface area contributed by atoms with Crippen LogP contribution in [0.4, 0.5) is 0 Å². The molecule has 0 spiro atoms. The first-order valence-corrected chi connectivity index (χ1v) is 10.6. The van der Waals surface area contributed by atoms with E-state index in [1.54, 1.807) is 20.4 Å². The number of amides is 1. The molecule has 3 aromatic carbocycles. The normalized spacial score (nSPS) is 11.9. The van der Waals surface area contributed by atoms with Crippen LogP contribution in [0.25, 0.3) is 10.9 Å². The number of carbonyl (C=O) groups excluding carboxylic acids is 1. The van der Waals surface area contributed by atoms with E-state index in [2.05, 4.69) is 10.4 Å². The smallest absolute Gasteiger partial charge is 0.251 e. The molecule has 0 saturated carbocycles. The first-order chi connectivity index (χ1) is 15.5. The lowest BCUT2D eigenvalue weighted by Crippen LogP contribution is -2.26. The molecular formula is C25H24ClN3O3. The average molecular weight is 450 g/mol. The zero-order chi connectivity index (χ0) is 22.7. The van der Waals surface area contributed by atoms with Gasteiger partial charge in [-0.25, -0.2) is 0 Å². The number of halogens is 1. The SMILES string of the molecule is COc1ccc(C(C)NC(=O)c2ccc3cnn(Cc4cccc(Cl)c4)c3c2)cc1OC. The fourth-order valence-corrected chi connectivity index (χ4v) is 3.84. The molecule has 4 aromatic rings. The monoisotopic (exact) mass is 449 g/mol. The van der Waals surface area contributed by atoms with Gasteiger partial charge in [-0.1, -0.05) is 35.9 Å². The van der Waals surface area contributed by atoms with Gasteiger partial charge in [0.15, 0.2) is 11.5 Å². The quantitative estimate of drug-likeness (QED) is 0.418. The van der Waals surface area contributed by atoms with E-state index in [4.69, 9.17) is 21.1 Å². The van der Waals surface area contributed by atoms with Crippen molar-refractivity contribution in [2.24, 2.45) is 0 Å². The minimum absolute atomic E-state index is 0.162. The highest BCUT2D eigenvalue weighted by Crippen LogP contribution is 2.30. The van der Waals surface area contributed by atoms with Gasteiger partial charge < -0.3 is 14.8 Å². The fraction of sp³-hybridized carbons (Fsp3) is 0.200. The largest absolute Gasteiger partial charge is 0.493 e. The third-order valence-electron chi connectivity index (χ3n) is 5.38. The second-order valence-corrected chi connectivity index (χ2v) is 7.95. The van der Waals surface area contributed by atoms with Crippen LogP contribution in [0, 0.1) is 0 Å². The summed E-state index contributed by atoms with van der Waals surface area (Å²) in [6, 6.07) is 18.7. The lowest BCUT2D eigenvalue weighted by molar-refractivity contribution is 0.0940. The number of nitrogens with zero attached hydrogens (tertiary/aromatic N) is 2. The van der Waals surface area contributed by atoms with Gasteiger partial charge >= 0.3 is 0 Å². The molecule has 0 aliphatic heterocycles. The summed E-state index contributed by atoms with van der Waals surface area (Å²) in [6.07, 6.45) is 1.80. The van der Waals surface area contributed by atoms with Gasteiger partial charge in [0.05, 0.1) is 38.5 Å². The van der Waals surface area contributed by atoms with Crippen molar-refractivity contribution in [1.29, 1.82) is 0 Å². The highest BCUT2D eigenvalue weighted by atomic mass is 35.5. The number of carbonyl (C=O) groups is 1. The van der Waals surface area contributed by atoms with Crippen LogP contribution >= 0.6 is 11.6 Å². The maximum atomic E-state index is 13.0. The van der Waals surface area contributed by atoms with E-state index in [1.165, 1.54) is 0 Å². The Hall–Kier alpha value is -3.51. The Morgan fingerprint density at radius 3 is 2.62 bits per heavy atom. The Labute approximate surface area is 191 Å². The van der Waals surface area contributed by atoms with Gasteiger partial charge in [0.2, 0.25) is 0 Å². The molecule has 0 bridgehead atoms. The van der Waals surface area contributed by atoms with E-state index < -0.39 is 0 Å². The van der Waals surface area contributed by atoms with Crippen molar-refractivity contribution in [2.75, 3.05) is 14.2 Å². The molecule has 0 radical (unpaired) electrons. The summed E-state index contributed by atoms with van der Waals surface area (Å²) in [4.78, 5) is 13.0. The van der Waals surface area contributed by atoms with E-state index in [1.807, 2.05) is 72.3 Å². The molecule has 7 heteroatoms. The Morgan fingerprint density at radius 1 is 1.06 bits per heavy atom. The van der Waals surface area contributed by atoms with Crippen LogP contribution in [0.3, 0.4) is 0 Å². The summed E-state index contributed by atoms with van der Waals surface area (Å²) >= 11 is 6.11. The van der Waals surface area contributed by atoms with Crippen molar-refractivity contribution in [1.82, 2.24) is 15.1 Å². The van der Waals surface area contributed by atoms with Crippen molar-refractivity contribution in [3.05, 3.63) is 88.6 Å². The van der Waals surface area contributed by atoms with Crippen molar-refractivity contribution in [3.63, 3.8) is 0 Å². The van der Waals surface area contributed by atoms with Gasteiger partial charge in [-0.2, -0.15) is 5.10 Å². The number of hydrogen-bond donors (Lipinski definition) is 1. The number of rotatable bonds is 7. The number of methoxy groups -OCH3 is 2. The van der Waals surface area contributed by atoms with Crippen LogP contribution in [0.5, 0.6) is 11.5 Å². The Balaban J connectivity index is 1.55. The van der Waals surface area contributed by atoms with Crippen LogP contribution in [-0.4, -0.2) is 29.9 Å². The molecule has 6 nitrogen and oxygen atoms in total. The number of aromatic nitrogens is 2. The zero-order valence-electron chi connectivity index (χ0n) is 18.1.